The van der Waals surface area contributed by atoms with E-state index in [1.54, 1.807) is 18.0 Å². The zero-order valence-corrected chi connectivity index (χ0v) is 10.8. The number of nitrogens with zero attached hydrogens (tertiary/aromatic N) is 1. The minimum absolute atomic E-state index is 0.574. The molecule has 0 unspecified atom stereocenters. The maximum absolute atomic E-state index is 5.79. The molecule has 2 nitrogen and oxygen atoms in total. The first-order chi connectivity index (χ1) is 8.29. The zero-order chi connectivity index (χ0) is 12.1. The molecule has 2 rings (SSSR count). The molecule has 88 valence electrons. The number of aromatic nitrogens is 1. The zero-order valence-electron chi connectivity index (χ0n) is 9.27. The number of thioether (sulfide) groups is 1. The number of benzene rings is 1. The maximum Gasteiger partial charge on any atom is 0.0964 e. The molecule has 0 saturated heterocycles. The van der Waals surface area contributed by atoms with Gasteiger partial charge in [-0.3, -0.25) is 0 Å². The third kappa shape index (κ3) is 3.46. The summed E-state index contributed by atoms with van der Waals surface area (Å²) >= 11 is 7.47. The van der Waals surface area contributed by atoms with Crippen molar-refractivity contribution in [2.75, 3.05) is 0 Å². The highest BCUT2D eigenvalue weighted by molar-refractivity contribution is 7.98. The van der Waals surface area contributed by atoms with Gasteiger partial charge in [0, 0.05) is 18.5 Å². The van der Waals surface area contributed by atoms with Crippen LogP contribution >= 0.6 is 23.4 Å². The van der Waals surface area contributed by atoms with Crippen LogP contribution in [0.15, 0.2) is 47.6 Å². The lowest BCUT2D eigenvalue weighted by molar-refractivity contribution is 1.04. The third-order valence-corrected chi connectivity index (χ3v) is 3.63. The van der Waals surface area contributed by atoms with Crippen LogP contribution in [0.5, 0.6) is 0 Å². The van der Waals surface area contributed by atoms with Gasteiger partial charge in [0.1, 0.15) is 0 Å². The Morgan fingerprint density at radius 2 is 1.88 bits per heavy atom. The number of rotatable bonds is 4. The summed E-state index contributed by atoms with van der Waals surface area (Å²) < 4.78 is 0. The van der Waals surface area contributed by atoms with Crippen molar-refractivity contribution in [1.82, 2.24) is 4.98 Å². The van der Waals surface area contributed by atoms with Gasteiger partial charge in [0.25, 0.3) is 0 Å². The van der Waals surface area contributed by atoms with Crippen molar-refractivity contribution in [3.63, 3.8) is 0 Å². The van der Waals surface area contributed by atoms with Crippen molar-refractivity contribution in [2.24, 2.45) is 5.73 Å². The molecule has 0 radical (unpaired) electrons. The first-order valence-electron chi connectivity index (χ1n) is 5.31. The molecule has 1 aromatic carbocycles. The summed E-state index contributed by atoms with van der Waals surface area (Å²) in [5.74, 6) is 0.877. The molecular weight excluding hydrogens is 252 g/mol. The van der Waals surface area contributed by atoms with E-state index < -0.39 is 0 Å². The van der Waals surface area contributed by atoms with Gasteiger partial charge in [0.05, 0.1) is 10.0 Å². The molecular formula is C13H13ClN2S. The largest absolute Gasteiger partial charge is 0.326 e. The van der Waals surface area contributed by atoms with Gasteiger partial charge in [0.15, 0.2) is 0 Å². The van der Waals surface area contributed by atoms with Crippen molar-refractivity contribution >= 4 is 23.4 Å². The Hall–Kier alpha value is -1.03. The molecule has 17 heavy (non-hydrogen) atoms. The number of halogens is 1. The number of hydrogen-bond acceptors (Lipinski definition) is 3. The summed E-state index contributed by atoms with van der Waals surface area (Å²) in [5.41, 5.74) is 8.15. The highest BCUT2D eigenvalue weighted by Gasteiger charge is 2.02. The van der Waals surface area contributed by atoms with Gasteiger partial charge in [-0.05, 0) is 23.3 Å². The van der Waals surface area contributed by atoms with E-state index in [1.807, 2.05) is 24.3 Å². The standard InChI is InChI=1S/C13H13ClN2S/c14-12-5-6-13(16-8-12)17-9-11-4-2-1-3-10(11)7-15/h1-6,8H,7,9,15H2. The SMILES string of the molecule is NCc1ccccc1CSc1ccc(Cl)cn1. The molecule has 1 aromatic heterocycles. The lowest BCUT2D eigenvalue weighted by Crippen LogP contribution is -2.00. The smallest absolute Gasteiger partial charge is 0.0964 e. The fourth-order valence-corrected chi connectivity index (χ4v) is 2.49. The van der Waals surface area contributed by atoms with Gasteiger partial charge < -0.3 is 5.73 Å². The summed E-state index contributed by atoms with van der Waals surface area (Å²) in [4.78, 5) is 4.25. The Labute approximate surface area is 110 Å². The molecule has 0 bridgehead atoms. The molecule has 0 saturated carbocycles. The predicted molar refractivity (Wildman–Crippen MR) is 73.1 cm³/mol. The average Bonchev–Trinajstić information content (AvgIpc) is 2.38. The Morgan fingerprint density at radius 3 is 2.53 bits per heavy atom. The highest BCUT2D eigenvalue weighted by atomic mass is 35.5. The van der Waals surface area contributed by atoms with Crippen LogP contribution in [-0.4, -0.2) is 4.98 Å². The second kappa shape index (κ2) is 6.05. The van der Waals surface area contributed by atoms with Crippen LogP contribution in [0, 0.1) is 0 Å². The summed E-state index contributed by atoms with van der Waals surface area (Å²) in [6.45, 7) is 0.574. The second-order valence-corrected chi connectivity index (χ2v) is 5.01. The maximum atomic E-state index is 5.79. The molecule has 0 aliphatic heterocycles. The Morgan fingerprint density at radius 1 is 1.12 bits per heavy atom. The van der Waals surface area contributed by atoms with Crippen LogP contribution in [-0.2, 0) is 12.3 Å². The fourth-order valence-electron chi connectivity index (χ4n) is 1.50. The quantitative estimate of drug-likeness (QED) is 0.860. The van der Waals surface area contributed by atoms with E-state index >= 15 is 0 Å². The minimum atomic E-state index is 0.574. The van der Waals surface area contributed by atoms with Crippen LogP contribution in [0.2, 0.25) is 5.02 Å². The van der Waals surface area contributed by atoms with E-state index in [0.717, 1.165) is 10.8 Å². The molecule has 0 atom stereocenters. The van der Waals surface area contributed by atoms with Gasteiger partial charge in [-0.1, -0.05) is 35.9 Å². The monoisotopic (exact) mass is 264 g/mol. The molecule has 0 fully saturated rings. The third-order valence-electron chi connectivity index (χ3n) is 2.41. The first kappa shape index (κ1) is 12.4. The van der Waals surface area contributed by atoms with Gasteiger partial charge in [-0.2, -0.15) is 0 Å². The topological polar surface area (TPSA) is 38.9 Å². The van der Waals surface area contributed by atoms with Crippen LogP contribution in [0.25, 0.3) is 0 Å². The molecule has 0 spiro atoms. The van der Waals surface area contributed by atoms with E-state index in [-0.39, 0.29) is 0 Å². The second-order valence-electron chi connectivity index (χ2n) is 3.58. The number of hydrogen-bond donors (Lipinski definition) is 1. The summed E-state index contributed by atoms with van der Waals surface area (Å²) in [6.07, 6.45) is 1.67. The van der Waals surface area contributed by atoms with Crippen molar-refractivity contribution in [3.8, 4) is 0 Å². The van der Waals surface area contributed by atoms with Crippen molar-refractivity contribution < 1.29 is 0 Å². The summed E-state index contributed by atoms with van der Waals surface area (Å²) in [6, 6.07) is 12.0. The predicted octanol–water partition coefficient (Wildman–Crippen LogP) is 3.49. The Bertz CT molecular complexity index is 485. The Kier molecular flexibility index (Phi) is 4.42. The van der Waals surface area contributed by atoms with Gasteiger partial charge >= 0.3 is 0 Å². The molecule has 4 heteroatoms. The van der Waals surface area contributed by atoms with Crippen LogP contribution in [0.3, 0.4) is 0 Å². The number of pyridine rings is 1. The van der Waals surface area contributed by atoms with E-state index in [2.05, 4.69) is 17.1 Å². The molecule has 0 aliphatic rings. The van der Waals surface area contributed by atoms with Crippen LogP contribution in [0.4, 0.5) is 0 Å². The number of nitrogens with two attached hydrogens (primary N) is 1. The molecule has 1 heterocycles. The van der Waals surface area contributed by atoms with Gasteiger partial charge in [0.2, 0.25) is 0 Å². The molecule has 2 aromatic rings. The van der Waals surface area contributed by atoms with Crippen LogP contribution < -0.4 is 5.73 Å². The first-order valence-corrected chi connectivity index (χ1v) is 6.67. The van der Waals surface area contributed by atoms with E-state index in [4.69, 9.17) is 17.3 Å². The van der Waals surface area contributed by atoms with Crippen LogP contribution in [0.1, 0.15) is 11.1 Å². The van der Waals surface area contributed by atoms with Crippen molar-refractivity contribution in [3.05, 3.63) is 58.7 Å². The van der Waals surface area contributed by atoms with E-state index in [0.29, 0.717) is 11.6 Å². The summed E-state index contributed by atoms with van der Waals surface area (Å²) in [5, 5.41) is 1.64. The van der Waals surface area contributed by atoms with E-state index in [9.17, 15) is 0 Å². The Balaban J connectivity index is 2.04. The van der Waals surface area contributed by atoms with E-state index in [1.165, 1.54) is 11.1 Å². The summed E-state index contributed by atoms with van der Waals surface area (Å²) in [7, 11) is 0. The fraction of sp³-hybridized carbons (Fsp3) is 0.154. The average molecular weight is 265 g/mol. The van der Waals surface area contributed by atoms with Gasteiger partial charge in [-0.25, -0.2) is 4.98 Å². The molecule has 0 aliphatic carbocycles. The lowest BCUT2D eigenvalue weighted by atomic mass is 10.1. The van der Waals surface area contributed by atoms with Crippen molar-refractivity contribution in [2.45, 2.75) is 17.3 Å². The molecule has 0 amide bonds. The minimum Gasteiger partial charge on any atom is -0.326 e. The van der Waals surface area contributed by atoms with Crippen molar-refractivity contribution in [1.29, 1.82) is 0 Å². The lowest BCUT2D eigenvalue weighted by Gasteiger charge is -2.06. The highest BCUT2D eigenvalue weighted by Crippen LogP contribution is 2.23. The van der Waals surface area contributed by atoms with Gasteiger partial charge in [-0.15, -0.1) is 11.8 Å². The molecule has 2 N–H and O–H groups in total. The normalized spacial score (nSPS) is 10.5.